The summed E-state index contributed by atoms with van der Waals surface area (Å²) in [6.07, 6.45) is 4.34. The van der Waals surface area contributed by atoms with Gasteiger partial charge in [0.25, 0.3) is 0 Å². The average Bonchev–Trinajstić information content (AvgIpc) is 2.41. The molecular weight excluding hydrogens is 361 g/mol. The summed E-state index contributed by atoms with van der Waals surface area (Å²) in [7, 11) is 0. The molecular formula is C16H28IN3. The molecule has 0 unspecified atom stereocenters. The Kier molecular flexibility index (Phi) is 7.77. The quantitative estimate of drug-likeness (QED) is 0.636. The van der Waals surface area contributed by atoms with Crippen LogP contribution in [0.4, 0.5) is 5.82 Å². The maximum absolute atomic E-state index is 4.86. The highest BCUT2D eigenvalue weighted by Gasteiger charge is 2.17. The van der Waals surface area contributed by atoms with Crippen molar-refractivity contribution in [3.8, 4) is 0 Å². The Bertz CT molecular complexity index is 414. The van der Waals surface area contributed by atoms with E-state index in [1.165, 1.54) is 9.26 Å². The largest absolute Gasteiger partial charge is 0.369 e. The van der Waals surface area contributed by atoms with Gasteiger partial charge in [0.1, 0.15) is 11.6 Å². The molecule has 3 nitrogen and oxygen atoms in total. The molecule has 0 saturated heterocycles. The van der Waals surface area contributed by atoms with E-state index in [1.807, 2.05) is 0 Å². The molecule has 0 fully saturated rings. The van der Waals surface area contributed by atoms with Crippen LogP contribution in [-0.2, 0) is 6.42 Å². The fourth-order valence-corrected chi connectivity index (χ4v) is 2.88. The summed E-state index contributed by atoms with van der Waals surface area (Å²) in [5.74, 6) is 3.14. The number of nitrogens with one attached hydrogen (secondary N) is 1. The van der Waals surface area contributed by atoms with Crippen molar-refractivity contribution in [2.75, 3.05) is 11.9 Å². The first-order chi connectivity index (χ1) is 9.53. The van der Waals surface area contributed by atoms with Gasteiger partial charge in [-0.3, -0.25) is 0 Å². The highest BCUT2D eigenvalue weighted by molar-refractivity contribution is 14.1. The minimum atomic E-state index is 0.472. The van der Waals surface area contributed by atoms with Crippen LogP contribution in [0.15, 0.2) is 0 Å². The third-order valence-electron chi connectivity index (χ3n) is 3.43. The minimum absolute atomic E-state index is 0.472. The van der Waals surface area contributed by atoms with Crippen LogP contribution in [0.2, 0.25) is 0 Å². The Balaban J connectivity index is 3.17. The second-order valence-electron chi connectivity index (χ2n) is 5.73. The van der Waals surface area contributed by atoms with E-state index in [4.69, 9.17) is 9.97 Å². The van der Waals surface area contributed by atoms with Crippen LogP contribution in [0, 0.1) is 9.49 Å². The molecule has 1 aromatic rings. The van der Waals surface area contributed by atoms with Crippen molar-refractivity contribution >= 4 is 28.4 Å². The van der Waals surface area contributed by atoms with Crippen molar-refractivity contribution < 1.29 is 0 Å². The molecule has 1 rings (SSSR count). The normalized spacial score (nSPS) is 11.4. The molecule has 0 bridgehead atoms. The molecule has 0 spiro atoms. The fraction of sp³-hybridized carbons (Fsp3) is 0.750. The third kappa shape index (κ3) is 4.86. The zero-order valence-corrected chi connectivity index (χ0v) is 15.6. The van der Waals surface area contributed by atoms with Crippen LogP contribution in [0.1, 0.15) is 71.3 Å². The summed E-state index contributed by atoms with van der Waals surface area (Å²) < 4.78 is 1.19. The number of hydrogen-bond donors (Lipinski definition) is 1. The number of nitrogens with zero attached hydrogens (tertiary/aromatic N) is 2. The van der Waals surface area contributed by atoms with Gasteiger partial charge < -0.3 is 5.32 Å². The van der Waals surface area contributed by atoms with E-state index in [2.05, 4.69) is 62.5 Å². The molecule has 1 aromatic heterocycles. The van der Waals surface area contributed by atoms with E-state index in [-0.39, 0.29) is 0 Å². The van der Waals surface area contributed by atoms with E-state index < -0.39 is 0 Å². The Morgan fingerprint density at radius 3 is 2.25 bits per heavy atom. The van der Waals surface area contributed by atoms with Crippen molar-refractivity contribution in [2.45, 2.75) is 66.2 Å². The molecule has 114 valence electrons. The van der Waals surface area contributed by atoms with E-state index in [0.29, 0.717) is 11.8 Å². The molecule has 0 saturated carbocycles. The van der Waals surface area contributed by atoms with Crippen LogP contribution in [-0.4, -0.2) is 16.5 Å². The number of halogens is 1. The number of aromatic nitrogens is 2. The lowest BCUT2D eigenvalue weighted by atomic mass is 10.0. The summed E-state index contributed by atoms with van der Waals surface area (Å²) in [6.45, 7) is 12.1. The van der Waals surface area contributed by atoms with Gasteiger partial charge in [-0.1, -0.05) is 34.6 Å². The van der Waals surface area contributed by atoms with Crippen molar-refractivity contribution in [3.05, 3.63) is 15.1 Å². The van der Waals surface area contributed by atoms with Crippen molar-refractivity contribution in [2.24, 2.45) is 5.92 Å². The van der Waals surface area contributed by atoms with E-state index >= 15 is 0 Å². The monoisotopic (exact) mass is 389 g/mol. The summed E-state index contributed by atoms with van der Waals surface area (Å²) >= 11 is 2.39. The van der Waals surface area contributed by atoms with Crippen molar-refractivity contribution in [3.63, 3.8) is 0 Å². The molecule has 0 aromatic carbocycles. The van der Waals surface area contributed by atoms with E-state index in [1.54, 1.807) is 0 Å². The molecule has 0 atom stereocenters. The van der Waals surface area contributed by atoms with Crippen LogP contribution in [0.5, 0.6) is 0 Å². The first kappa shape index (κ1) is 17.7. The SMILES string of the molecule is CCCNc1nc(C(CC)CC)nc(CC(C)C)c1I. The summed E-state index contributed by atoms with van der Waals surface area (Å²) in [4.78, 5) is 9.65. The van der Waals surface area contributed by atoms with Gasteiger partial charge in [-0.05, 0) is 54.2 Å². The topological polar surface area (TPSA) is 37.8 Å². The Morgan fingerprint density at radius 2 is 1.75 bits per heavy atom. The summed E-state index contributed by atoms with van der Waals surface area (Å²) in [6, 6.07) is 0. The number of rotatable bonds is 8. The molecule has 0 aliphatic heterocycles. The molecule has 1 N–H and O–H groups in total. The van der Waals surface area contributed by atoms with Gasteiger partial charge in [-0.2, -0.15) is 0 Å². The van der Waals surface area contributed by atoms with E-state index in [0.717, 1.165) is 43.9 Å². The first-order valence-corrected chi connectivity index (χ1v) is 8.91. The minimum Gasteiger partial charge on any atom is -0.369 e. The Morgan fingerprint density at radius 1 is 1.10 bits per heavy atom. The Hall–Kier alpha value is -0.390. The van der Waals surface area contributed by atoms with Gasteiger partial charge in [-0.15, -0.1) is 0 Å². The number of anilines is 1. The fourth-order valence-electron chi connectivity index (χ4n) is 2.23. The van der Waals surface area contributed by atoms with E-state index in [9.17, 15) is 0 Å². The predicted octanol–water partition coefficient (Wildman–Crippen LogP) is 5.01. The first-order valence-electron chi connectivity index (χ1n) is 7.83. The van der Waals surface area contributed by atoms with Gasteiger partial charge >= 0.3 is 0 Å². The lowest BCUT2D eigenvalue weighted by Crippen LogP contribution is -2.14. The zero-order valence-electron chi connectivity index (χ0n) is 13.5. The maximum Gasteiger partial charge on any atom is 0.143 e. The summed E-state index contributed by atoms with van der Waals surface area (Å²) in [5.41, 5.74) is 1.20. The lowest BCUT2D eigenvalue weighted by molar-refractivity contribution is 0.582. The molecule has 20 heavy (non-hydrogen) atoms. The van der Waals surface area contributed by atoms with Crippen molar-refractivity contribution in [1.29, 1.82) is 0 Å². The smallest absolute Gasteiger partial charge is 0.143 e. The third-order valence-corrected chi connectivity index (χ3v) is 4.57. The second-order valence-corrected chi connectivity index (χ2v) is 6.81. The summed E-state index contributed by atoms with van der Waals surface area (Å²) in [5, 5.41) is 3.46. The van der Waals surface area contributed by atoms with Crippen molar-refractivity contribution in [1.82, 2.24) is 9.97 Å². The lowest BCUT2D eigenvalue weighted by Gasteiger charge is -2.17. The predicted molar refractivity (Wildman–Crippen MR) is 95.4 cm³/mol. The Labute approximate surface area is 137 Å². The number of hydrogen-bond acceptors (Lipinski definition) is 3. The van der Waals surface area contributed by atoms with Crippen LogP contribution in [0.3, 0.4) is 0 Å². The highest BCUT2D eigenvalue weighted by atomic mass is 127. The zero-order chi connectivity index (χ0) is 15.1. The average molecular weight is 389 g/mol. The maximum atomic E-state index is 4.86. The molecule has 4 heteroatoms. The molecule has 0 amide bonds. The molecule has 1 heterocycles. The second kappa shape index (κ2) is 8.80. The van der Waals surface area contributed by atoms with Gasteiger partial charge in [0.2, 0.25) is 0 Å². The van der Waals surface area contributed by atoms with Crippen LogP contribution in [0.25, 0.3) is 0 Å². The van der Waals surface area contributed by atoms with Gasteiger partial charge in [0.15, 0.2) is 0 Å². The van der Waals surface area contributed by atoms with Gasteiger partial charge in [-0.25, -0.2) is 9.97 Å². The molecule has 0 aliphatic carbocycles. The standard InChI is InChI=1S/C16H28IN3/c1-6-9-18-16-14(17)13(10-11(4)5)19-15(20-16)12(7-2)8-3/h11-12H,6-10H2,1-5H3,(H,18,19,20). The molecule has 0 aliphatic rings. The van der Waals surface area contributed by atoms with Gasteiger partial charge in [0, 0.05) is 12.5 Å². The van der Waals surface area contributed by atoms with Crippen LogP contribution < -0.4 is 5.32 Å². The van der Waals surface area contributed by atoms with Crippen LogP contribution >= 0.6 is 22.6 Å². The van der Waals surface area contributed by atoms with Gasteiger partial charge in [0.05, 0.1) is 9.26 Å². The highest BCUT2D eigenvalue weighted by Crippen LogP contribution is 2.27. The molecule has 0 radical (unpaired) electrons.